The number of hydrogen-bond acceptors (Lipinski definition) is 3. The molecule has 2 N–H and O–H groups in total. The van der Waals surface area contributed by atoms with Gasteiger partial charge in [0.15, 0.2) is 0 Å². The molecule has 5 nitrogen and oxygen atoms in total. The molecule has 19 heavy (non-hydrogen) atoms. The van der Waals surface area contributed by atoms with Crippen LogP contribution in [0.3, 0.4) is 0 Å². The minimum Gasteiger partial charge on any atom is -0.392 e. The molecule has 0 radical (unpaired) electrons. The summed E-state index contributed by atoms with van der Waals surface area (Å²) in [5, 5.41) is 13.1. The molecule has 2 saturated heterocycles. The van der Waals surface area contributed by atoms with Crippen LogP contribution in [0.2, 0.25) is 0 Å². The second-order valence-electron chi connectivity index (χ2n) is 6.21. The zero-order valence-corrected chi connectivity index (χ0v) is 11.2. The number of likely N-dealkylation sites (tertiary alicyclic amines) is 1. The van der Waals surface area contributed by atoms with E-state index in [2.05, 4.69) is 5.32 Å². The van der Waals surface area contributed by atoms with E-state index in [4.69, 9.17) is 0 Å². The third-order valence-electron chi connectivity index (χ3n) is 5.09. The van der Waals surface area contributed by atoms with Crippen LogP contribution in [0, 0.1) is 11.3 Å². The van der Waals surface area contributed by atoms with Crippen molar-refractivity contribution in [3.05, 3.63) is 0 Å². The van der Waals surface area contributed by atoms with Crippen molar-refractivity contribution in [2.75, 3.05) is 19.6 Å². The smallest absolute Gasteiger partial charge is 0.230 e. The molecule has 2 heterocycles. The first-order valence-corrected chi connectivity index (χ1v) is 7.39. The molecule has 0 unspecified atom stereocenters. The van der Waals surface area contributed by atoms with Gasteiger partial charge < -0.3 is 15.3 Å². The molecule has 0 aromatic carbocycles. The second kappa shape index (κ2) is 4.78. The van der Waals surface area contributed by atoms with Crippen LogP contribution in [0.25, 0.3) is 0 Å². The summed E-state index contributed by atoms with van der Waals surface area (Å²) >= 11 is 0. The molecule has 2 aliphatic heterocycles. The van der Waals surface area contributed by atoms with Gasteiger partial charge in [-0.15, -0.1) is 0 Å². The Labute approximate surface area is 113 Å². The first kappa shape index (κ1) is 12.9. The minimum atomic E-state index is -0.754. The molecule has 0 aromatic rings. The van der Waals surface area contributed by atoms with E-state index in [1.807, 2.05) is 4.90 Å². The van der Waals surface area contributed by atoms with Crippen LogP contribution in [-0.2, 0) is 9.59 Å². The van der Waals surface area contributed by atoms with E-state index >= 15 is 0 Å². The molecular formula is C14H22N2O3. The first-order valence-electron chi connectivity index (χ1n) is 7.39. The van der Waals surface area contributed by atoms with E-state index in [1.54, 1.807) is 0 Å². The van der Waals surface area contributed by atoms with Crippen molar-refractivity contribution < 1.29 is 14.7 Å². The molecule has 1 aliphatic carbocycles. The fraction of sp³-hybridized carbons (Fsp3) is 0.857. The fourth-order valence-corrected chi connectivity index (χ4v) is 3.55. The monoisotopic (exact) mass is 266 g/mol. The van der Waals surface area contributed by atoms with E-state index in [-0.39, 0.29) is 17.7 Å². The maximum Gasteiger partial charge on any atom is 0.230 e. The van der Waals surface area contributed by atoms with Crippen LogP contribution in [0.4, 0.5) is 0 Å². The number of carbonyl (C=O) groups excluding carboxylic acids is 2. The standard InChI is InChI=1S/C14H22N2O3/c17-11-5-8-16(12(18)10-3-1-4-10)9-14(11)6-2-7-15-13(14)19/h10-11,17H,1-9H2,(H,15,19)/t11-,14+/m0/s1. The summed E-state index contributed by atoms with van der Waals surface area (Å²) < 4.78 is 0. The van der Waals surface area contributed by atoms with Gasteiger partial charge in [-0.05, 0) is 32.1 Å². The van der Waals surface area contributed by atoms with E-state index in [1.165, 1.54) is 0 Å². The predicted octanol–water partition coefficient (Wildman–Crippen LogP) is 0.276. The number of rotatable bonds is 1. The number of aliphatic hydroxyl groups is 1. The average Bonchev–Trinajstić information content (AvgIpc) is 2.34. The van der Waals surface area contributed by atoms with Crippen LogP contribution in [0.15, 0.2) is 0 Å². The Kier molecular flexibility index (Phi) is 3.25. The highest BCUT2D eigenvalue weighted by atomic mass is 16.3. The van der Waals surface area contributed by atoms with Gasteiger partial charge in [0, 0.05) is 25.6 Å². The Balaban J connectivity index is 1.76. The van der Waals surface area contributed by atoms with Crippen LogP contribution >= 0.6 is 0 Å². The van der Waals surface area contributed by atoms with Crippen LogP contribution < -0.4 is 5.32 Å². The zero-order chi connectivity index (χ0) is 13.5. The third kappa shape index (κ3) is 2.04. The molecule has 3 fully saturated rings. The predicted molar refractivity (Wildman–Crippen MR) is 69.2 cm³/mol. The SMILES string of the molecule is O=C(C1CCC1)N1CC[C@H](O)[C@@]2(CCCNC2=O)C1. The van der Waals surface area contributed by atoms with Gasteiger partial charge in [-0.1, -0.05) is 6.42 Å². The number of piperidine rings is 2. The van der Waals surface area contributed by atoms with Crippen molar-refractivity contribution in [1.29, 1.82) is 0 Å². The summed E-state index contributed by atoms with van der Waals surface area (Å²) in [7, 11) is 0. The molecule has 0 aromatic heterocycles. The van der Waals surface area contributed by atoms with Gasteiger partial charge in [0.2, 0.25) is 11.8 Å². The van der Waals surface area contributed by atoms with E-state index < -0.39 is 11.5 Å². The topological polar surface area (TPSA) is 69.6 Å². The van der Waals surface area contributed by atoms with Crippen LogP contribution in [0.1, 0.15) is 38.5 Å². The molecule has 1 saturated carbocycles. The van der Waals surface area contributed by atoms with Gasteiger partial charge in [-0.25, -0.2) is 0 Å². The van der Waals surface area contributed by atoms with Gasteiger partial charge in [-0.3, -0.25) is 9.59 Å². The van der Waals surface area contributed by atoms with Crippen molar-refractivity contribution in [2.24, 2.45) is 11.3 Å². The van der Waals surface area contributed by atoms with E-state index in [9.17, 15) is 14.7 Å². The zero-order valence-electron chi connectivity index (χ0n) is 11.2. The molecular weight excluding hydrogens is 244 g/mol. The number of nitrogens with one attached hydrogen (secondary N) is 1. The number of amides is 2. The largest absolute Gasteiger partial charge is 0.392 e. The number of carbonyl (C=O) groups is 2. The summed E-state index contributed by atoms with van der Waals surface area (Å²) in [6, 6.07) is 0. The Hall–Kier alpha value is -1.10. The Morgan fingerprint density at radius 2 is 2.11 bits per heavy atom. The molecule has 3 rings (SSSR count). The quantitative estimate of drug-likeness (QED) is 0.716. The Bertz CT molecular complexity index is 394. The van der Waals surface area contributed by atoms with Crippen LogP contribution in [-0.4, -0.2) is 47.6 Å². The number of aliphatic hydroxyl groups excluding tert-OH is 1. The van der Waals surface area contributed by atoms with Crippen molar-refractivity contribution in [3.63, 3.8) is 0 Å². The minimum absolute atomic E-state index is 0.0719. The maximum absolute atomic E-state index is 12.3. The normalized spacial score (nSPS) is 35.9. The lowest BCUT2D eigenvalue weighted by atomic mass is 9.71. The highest BCUT2D eigenvalue weighted by Crippen LogP contribution is 2.39. The Morgan fingerprint density at radius 3 is 2.74 bits per heavy atom. The van der Waals surface area contributed by atoms with E-state index in [0.29, 0.717) is 32.5 Å². The van der Waals surface area contributed by atoms with Gasteiger partial charge in [-0.2, -0.15) is 0 Å². The van der Waals surface area contributed by atoms with Crippen molar-refractivity contribution in [2.45, 2.75) is 44.6 Å². The highest BCUT2D eigenvalue weighted by molar-refractivity contribution is 5.86. The van der Waals surface area contributed by atoms with Crippen molar-refractivity contribution in [3.8, 4) is 0 Å². The summed E-state index contributed by atoms with van der Waals surface area (Å²) in [5.74, 6) is 0.284. The van der Waals surface area contributed by atoms with Crippen LogP contribution in [0.5, 0.6) is 0 Å². The van der Waals surface area contributed by atoms with Gasteiger partial charge in [0.05, 0.1) is 11.5 Å². The molecule has 106 valence electrons. The number of nitrogens with zero attached hydrogens (tertiary/aromatic N) is 1. The lowest BCUT2D eigenvalue weighted by Crippen LogP contribution is -2.62. The number of hydrogen-bond donors (Lipinski definition) is 2. The summed E-state index contributed by atoms with van der Waals surface area (Å²) in [4.78, 5) is 26.3. The molecule has 2 amide bonds. The summed E-state index contributed by atoms with van der Waals surface area (Å²) in [6.45, 7) is 1.67. The van der Waals surface area contributed by atoms with Crippen molar-refractivity contribution >= 4 is 11.8 Å². The maximum atomic E-state index is 12.3. The van der Waals surface area contributed by atoms with Gasteiger partial charge in [0.1, 0.15) is 0 Å². The molecule has 0 bridgehead atoms. The first-order chi connectivity index (χ1) is 9.13. The average molecular weight is 266 g/mol. The molecule has 1 spiro atoms. The molecule has 3 aliphatic rings. The third-order valence-corrected chi connectivity index (χ3v) is 5.09. The van der Waals surface area contributed by atoms with Gasteiger partial charge >= 0.3 is 0 Å². The molecule has 2 atom stereocenters. The highest BCUT2D eigenvalue weighted by Gasteiger charge is 2.51. The lowest BCUT2D eigenvalue weighted by Gasteiger charge is -2.48. The molecule has 5 heteroatoms. The second-order valence-corrected chi connectivity index (χ2v) is 6.21. The van der Waals surface area contributed by atoms with E-state index in [0.717, 1.165) is 25.7 Å². The van der Waals surface area contributed by atoms with Gasteiger partial charge in [0.25, 0.3) is 0 Å². The fourth-order valence-electron chi connectivity index (χ4n) is 3.55. The summed E-state index contributed by atoms with van der Waals surface area (Å²) in [5.41, 5.74) is -0.754. The lowest BCUT2D eigenvalue weighted by molar-refractivity contribution is -0.157. The summed E-state index contributed by atoms with van der Waals surface area (Å²) in [6.07, 6.45) is 4.58. The van der Waals surface area contributed by atoms with Crippen molar-refractivity contribution in [1.82, 2.24) is 10.2 Å². The Morgan fingerprint density at radius 1 is 1.32 bits per heavy atom.